The maximum Gasteiger partial charge on any atom is 0.344 e. The summed E-state index contributed by atoms with van der Waals surface area (Å²) in [7, 11) is 0. The van der Waals surface area contributed by atoms with Gasteiger partial charge >= 0.3 is 5.97 Å². The Bertz CT molecular complexity index is 407. The number of hydrogen-bond donors (Lipinski definition) is 2. The van der Waals surface area contributed by atoms with Gasteiger partial charge in [0.2, 0.25) is 0 Å². The highest BCUT2D eigenvalue weighted by Crippen LogP contribution is 2.21. The van der Waals surface area contributed by atoms with Crippen molar-refractivity contribution in [2.45, 2.75) is 32.4 Å². The van der Waals surface area contributed by atoms with Crippen molar-refractivity contribution in [1.82, 2.24) is 0 Å². The molecule has 2 atom stereocenters. The Balaban J connectivity index is 2.87. The Morgan fingerprint density at radius 2 is 2.24 bits per heavy atom. The van der Waals surface area contributed by atoms with Crippen molar-refractivity contribution in [3.63, 3.8) is 0 Å². The van der Waals surface area contributed by atoms with E-state index in [0.717, 1.165) is 6.07 Å². The first-order valence-corrected chi connectivity index (χ1v) is 5.40. The molecule has 1 aromatic rings. The van der Waals surface area contributed by atoms with Crippen molar-refractivity contribution in [3.8, 4) is 5.75 Å². The lowest BCUT2D eigenvalue weighted by Gasteiger charge is -2.14. The van der Waals surface area contributed by atoms with Gasteiger partial charge in [-0.15, -0.1) is 0 Å². The van der Waals surface area contributed by atoms with E-state index in [1.165, 1.54) is 12.1 Å². The molecule has 0 bridgehead atoms. The minimum absolute atomic E-state index is 0.196. The molecule has 0 saturated heterocycles. The molecule has 0 aromatic heterocycles. The maximum absolute atomic E-state index is 13.5. The van der Waals surface area contributed by atoms with E-state index in [0.29, 0.717) is 12.0 Å². The molecule has 17 heavy (non-hydrogen) atoms. The van der Waals surface area contributed by atoms with Gasteiger partial charge in [0.15, 0.2) is 6.10 Å². The molecule has 94 valence electrons. The van der Waals surface area contributed by atoms with E-state index in [1.807, 2.05) is 0 Å². The zero-order valence-corrected chi connectivity index (χ0v) is 9.81. The van der Waals surface area contributed by atoms with E-state index in [1.54, 1.807) is 13.8 Å². The number of aliphatic carboxylic acids is 1. The number of carboxylic acid groups (broad SMARTS) is 1. The summed E-state index contributed by atoms with van der Waals surface area (Å²) < 4.78 is 18.7. The molecule has 0 aliphatic heterocycles. The number of carbonyl (C=O) groups is 1. The lowest BCUT2D eigenvalue weighted by Crippen LogP contribution is -2.26. The normalized spacial score (nSPS) is 14.1. The molecule has 5 heteroatoms. The summed E-state index contributed by atoms with van der Waals surface area (Å²) >= 11 is 0. The zero-order valence-electron chi connectivity index (χ0n) is 9.81. The van der Waals surface area contributed by atoms with Crippen LogP contribution in [0, 0.1) is 5.82 Å². The number of halogens is 1. The fourth-order valence-electron chi connectivity index (χ4n) is 1.42. The number of benzene rings is 1. The monoisotopic (exact) mass is 241 g/mol. The van der Waals surface area contributed by atoms with E-state index < -0.39 is 23.9 Å². The zero-order chi connectivity index (χ0) is 13.0. The number of ether oxygens (including phenoxy) is 1. The molecule has 0 fully saturated rings. The SMILES string of the molecule is CCC(Oc1ccc([C@H](C)N)c(F)c1)C(=O)O. The van der Waals surface area contributed by atoms with Gasteiger partial charge in [-0.05, 0) is 19.4 Å². The van der Waals surface area contributed by atoms with E-state index in [-0.39, 0.29) is 5.75 Å². The first-order valence-electron chi connectivity index (χ1n) is 5.40. The van der Waals surface area contributed by atoms with Gasteiger partial charge in [-0.2, -0.15) is 0 Å². The summed E-state index contributed by atoms with van der Waals surface area (Å²) in [6.45, 7) is 3.36. The summed E-state index contributed by atoms with van der Waals surface area (Å²) in [5.74, 6) is -1.36. The van der Waals surface area contributed by atoms with E-state index >= 15 is 0 Å². The van der Waals surface area contributed by atoms with Gasteiger partial charge in [-0.25, -0.2) is 9.18 Å². The third-order valence-corrected chi connectivity index (χ3v) is 2.39. The molecular weight excluding hydrogens is 225 g/mol. The van der Waals surface area contributed by atoms with Gasteiger partial charge in [0.1, 0.15) is 11.6 Å². The molecule has 1 rings (SSSR count). The van der Waals surface area contributed by atoms with Crippen molar-refractivity contribution in [2.75, 3.05) is 0 Å². The second-order valence-corrected chi connectivity index (χ2v) is 3.82. The molecule has 0 spiro atoms. The van der Waals surface area contributed by atoms with Crippen LogP contribution in [0.25, 0.3) is 0 Å². The Hall–Kier alpha value is -1.62. The Morgan fingerprint density at radius 1 is 1.59 bits per heavy atom. The highest BCUT2D eigenvalue weighted by molar-refractivity contribution is 5.72. The quantitative estimate of drug-likeness (QED) is 0.827. The van der Waals surface area contributed by atoms with Crippen LogP contribution >= 0.6 is 0 Å². The minimum atomic E-state index is -1.07. The van der Waals surface area contributed by atoms with Gasteiger partial charge in [-0.3, -0.25) is 0 Å². The predicted molar refractivity (Wildman–Crippen MR) is 61.3 cm³/mol. The molecule has 1 aromatic carbocycles. The van der Waals surface area contributed by atoms with Gasteiger partial charge in [-0.1, -0.05) is 13.0 Å². The van der Waals surface area contributed by atoms with Crippen molar-refractivity contribution in [1.29, 1.82) is 0 Å². The summed E-state index contributed by atoms with van der Waals surface area (Å²) in [6, 6.07) is 3.77. The van der Waals surface area contributed by atoms with Gasteiger partial charge in [0.25, 0.3) is 0 Å². The molecular formula is C12H16FNO3. The fourth-order valence-corrected chi connectivity index (χ4v) is 1.42. The van der Waals surface area contributed by atoms with Crippen LogP contribution < -0.4 is 10.5 Å². The smallest absolute Gasteiger partial charge is 0.344 e. The van der Waals surface area contributed by atoms with Crippen LogP contribution in [-0.2, 0) is 4.79 Å². The number of hydrogen-bond acceptors (Lipinski definition) is 3. The van der Waals surface area contributed by atoms with Gasteiger partial charge < -0.3 is 15.6 Å². The van der Waals surface area contributed by atoms with Crippen LogP contribution in [0.5, 0.6) is 5.75 Å². The van der Waals surface area contributed by atoms with E-state index in [2.05, 4.69) is 0 Å². The summed E-state index contributed by atoms with van der Waals surface area (Å²) in [5.41, 5.74) is 5.94. The second-order valence-electron chi connectivity index (χ2n) is 3.82. The molecule has 0 saturated carbocycles. The summed E-state index contributed by atoms with van der Waals surface area (Å²) in [5, 5.41) is 8.81. The predicted octanol–water partition coefficient (Wildman–Crippen LogP) is 2.09. The number of carboxylic acids is 1. The van der Waals surface area contributed by atoms with E-state index in [9.17, 15) is 9.18 Å². The van der Waals surface area contributed by atoms with Crippen LogP contribution in [0.4, 0.5) is 4.39 Å². The largest absolute Gasteiger partial charge is 0.479 e. The third kappa shape index (κ3) is 3.42. The molecule has 0 heterocycles. The number of nitrogens with two attached hydrogens (primary N) is 1. The van der Waals surface area contributed by atoms with Gasteiger partial charge in [0.05, 0.1) is 0 Å². The summed E-state index contributed by atoms with van der Waals surface area (Å²) in [4.78, 5) is 10.8. The van der Waals surface area contributed by atoms with E-state index in [4.69, 9.17) is 15.6 Å². The third-order valence-electron chi connectivity index (χ3n) is 2.39. The Kier molecular flexibility index (Phi) is 4.45. The van der Waals surface area contributed by atoms with Crippen LogP contribution in [-0.4, -0.2) is 17.2 Å². The standard InChI is InChI=1S/C12H16FNO3/c1-3-11(12(15)16)17-8-4-5-9(7(2)14)10(13)6-8/h4-7,11H,3,14H2,1-2H3,(H,15,16)/t7-,11?/m0/s1. The van der Waals surface area contributed by atoms with Crippen molar-refractivity contribution >= 4 is 5.97 Å². The van der Waals surface area contributed by atoms with Crippen molar-refractivity contribution in [3.05, 3.63) is 29.6 Å². The first-order chi connectivity index (χ1) is 7.95. The molecule has 3 N–H and O–H groups in total. The van der Waals surface area contributed by atoms with Crippen molar-refractivity contribution in [2.24, 2.45) is 5.73 Å². The lowest BCUT2D eigenvalue weighted by atomic mass is 10.1. The Labute approximate surface area is 99.2 Å². The van der Waals surface area contributed by atoms with Crippen LogP contribution in [0.15, 0.2) is 18.2 Å². The molecule has 0 amide bonds. The average molecular weight is 241 g/mol. The topological polar surface area (TPSA) is 72.5 Å². The second kappa shape index (κ2) is 5.63. The maximum atomic E-state index is 13.5. The van der Waals surface area contributed by atoms with Crippen LogP contribution in [0.2, 0.25) is 0 Å². The lowest BCUT2D eigenvalue weighted by molar-refractivity contribution is -0.145. The molecule has 4 nitrogen and oxygen atoms in total. The first kappa shape index (κ1) is 13.4. The highest BCUT2D eigenvalue weighted by atomic mass is 19.1. The minimum Gasteiger partial charge on any atom is -0.479 e. The number of rotatable bonds is 5. The molecule has 0 radical (unpaired) electrons. The fraction of sp³-hybridized carbons (Fsp3) is 0.417. The van der Waals surface area contributed by atoms with Crippen LogP contribution in [0.1, 0.15) is 31.9 Å². The molecule has 0 aliphatic rings. The Morgan fingerprint density at radius 3 is 2.65 bits per heavy atom. The van der Waals surface area contributed by atoms with Crippen LogP contribution in [0.3, 0.4) is 0 Å². The molecule has 0 aliphatic carbocycles. The molecule has 1 unspecified atom stereocenters. The highest BCUT2D eigenvalue weighted by Gasteiger charge is 2.17. The van der Waals surface area contributed by atoms with Crippen molar-refractivity contribution < 1.29 is 19.0 Å². The van der Waals surface area contributed by atoms with Gasteiger partial charge in [0, 0.05) is 17.7 Å². The average Bonchev–Trinajstić information content (AvgIpc) is 2.24. The summed E-state index contributed by atoms with van der Waals surface area (Å²) in [6.07, 6.45) is -0.651.